The Labute approximate surface area is 99.9 Å². The summed E-state index contributed by atoms with van der Waals surface area (Å²) >= 11 is 1.78. The smallest absolute Gasteiger partial charge is 0.128 e. The van der Waals surface area contributed by atoms with Crippen molar-refractivity contribution in [2.75, 3.05) is 6.54 Å². The van der Waals surface area contributed by atoms with E-state index in [9.17, 15) is 0 Å². The highest BCUT2D eigenvalue weighted by Crippen LogP contribution is 2.27. The molecular weight excluding hydrogens is 218 g/mol. The number of nitrogens with zero attached hydrogens (tertiary/aromatic N) is 1. The van der Waals surface area contributed by atoms with Crippen molar-refractivity contribution in [2.24, 2.45) is 0 Å². The minimum absolute atomic E-state index is 0.204. The summed E-state index contributed by atoms with van der Waals surface area (Å²) in [7, 11) is 0. The summed E-state index contributed by atoms with van der Waals surface area (Å²) in [5, 5.41) is 5.66. The van der Waals surface area contributed by atoms with Crippen LogP contribution in [0, 0.1) is 6.92 Å². The minimum Gasteiger partial charge on any atom is -0.347 e. The molecule has 0 fully saturated rings. The van der Waals surface area contributed by atoms with E-state index in [1.807, 2.05) is 6.20 Å². The Hall–Kier alpha value is -1.13. The van der Waals surface area contributed by atoms with Crippen LogP contribution in [-0.4, -0.2) is 16.5 Å². The molecule has 0 aliphatic rings. The van der Waals surface area contributed by atoms with Gasteiger partial charge in [0.25, 0.3) is 0 Å². The van der Waals surface area contributed by atoms with E-state index in [1.54, 1.807) is 17.5 Å². The summed E-state index contributed by atoms with van der Waals surface area (Å²) in [5.74, 6) is 0.999. The molecule has 0 aliphatic carbocycles. The van der Waals surface area contributed by atoms with Gasteiger partial charge in [0.15, 0.2) is 0 Å². The highest BCUT2D eigenvalue weighted by Gasteiger charge is 2.18. The van der Waals surface area contributed by atoms with Crippen LogP contribution in [0.1, 0.15) is 35.7 Å². The maximum absolute atomic E-state index is 4.36. The number of hydrogen-bond acceptors (Lipinski definition) is 3. The number of thiophene rings is 1. The van der Waals surface area contributed by atoms with Crippen molar-refractivity contribution in [1.29, 1.82) is 0 Å². The molecule has 86 valence electrons. The van der Waals surface area contributed by atoms with E-state index in [1.165, 1.54) is 10.4 Å². The number of hydrogen-bond donors (Lipinski definition) is 2. The van der Waals surface area contributed by atoms with Gasteiger partial charge in [0.2, 0.25) is 0 Å². The van der Waals surface area contributed by atoms with E-state index in [0.29, 0.717) is 0 Å². The van der Waals surface area contributed by atoms with Gasteiger partial charge in [0, 0.05) is 17.3 Å². The van der Waals surface area contributed by atoms with E-state index in [0.717, 1.165) is 18.8 Å². The number of aromatic nitrogens is 2. The fraction of sp³-hybridized carbons (Fsp3) is 0.417. The Morgan fingerprint density at radius 2 is 2.44 bits per heavy atom. The molecule has 0 radical (unpaired) electrons. The van der Waals surface area contributed by atoms with Gasteiger partial charge in [0.05, 0.1) is 0 Å². The third-order valence-electron chi connectivity index (χ3n) is 2.56. The summed E-state index contributed by atoms with van der Waals surface area (Å²) in [6, 6.07) is 2.36. The van der Waals surface area contributed by atoms with Crippen molar-refractivity contribution >= 4 is 11.3 Å². The maximum atomic E-state index is 4.36. The first-order valence-corrected chi connectivity index (χ1v) is 6.47. The molecule has 2 heterocycles. The van der Waals surface area contributed by atoms with Crippen molar-refractivity contribution in [1.82, 2.24) is 15.3 Å². The van der Waals surface area contributed by atoms with Crippen molar-refractivity contribution in [3.8, 4) is 0 Å². The van der Waals surface area contributed by atoms with Gasteiger partial charge >= 0.3 is 0 Å². The highest BCUT2D eigenvalue weighted by molar-refractivity contribution is 7.10. The van der Waals surface area contributed by atoms with Gasteiger partial charge in [-0.15, -0.1) is 11.3 Å². The zero-order chi connectivity index (χ0) is 11.4. The molecule has 0 amide bonds. The van der Waals surface area contributed by atoms with Gasteiger partial charge in [-0.05, 0) is 36.9 Å². The highest BCUT2D eigenvalue weighted by atomic mass is 32.1. The Morgan fingerprint density at radius 3 is 3.00 bits per heavy atom. The van der Waals surface area contributed by atoms with Crippen LogP contribution in [0.5, 0.6) is 0 Å². The number of imidazole rings is 1. The predicted molar refractivity (Wildman–Crippen MR) is 67.8 cm³/mol. The lowest BCUT2D eigenvalue weighted by molar-refractivity contribution is 0.582. The van der Waals surface area contributed by atoms with Crippen molar-refractivity contribution in [3.63, 3.8) is 0 Å². The van der Waals surface area contributed by atoms with Crippen LogP contribution in [0.2, 0.25) is 0 Å². The molecule has 2 aromatic rings. The van der Waals surface area contributed by atoms with E-state index in [-0.39, 0.29) is 6.04 Å². The van der Waals surface area contributed by atoms with Crippen LogP contribution in [0.3, 0.4) is 0 Å². The third-order valence-corrected chi connectivity index (χ3v) is 3.64. The van der Waals surface area contributed by atoms with E-state index >= 15 is 0 Å². The topological polar surface area (TPSA) is 40.7 Å². The number of H-pyrrole nitrogens is 1. The minimum atomic E-state index is 0.204. The first-order valence-electron chi connectivity index (χ1n) is 5.59. The molecule has 0 aromatic carbocycles. The fourth-order valence-corrected chi connectivity index (χ4v) is 2.72. The number of aryl methyl sites for hydroxylation is 1. The number of rotatable bonds is 5. The molecule has 0 saturated carbocycles. The molecule has 0 aliphatic heterocycles. The second kappa shape index (κ2) is 5.27. The zero-order valence-electron chi connectivity index (χ0n) is 9.66. The van der Waals surface area contributed by atoms with E-state index in [2.05, 4.69) is 40.6 Å². The van der Waals surface area contributed by atoms with Gasteiger partial charge in [-0.3, -0.25) is 0 Å². The van der Waals surface area contributed by atoms with E-state index < -0.39 is 0 Å². The van der Waals surface area contributed by atoms with Crippen LogP contribution >= 0.6 is 11.3 Å². The van der Waals surface area contributed by atoms with Crippen LogP contribution in [0.25, 0.3) is 0 Å². The molecule has 4 heteroatoms. The molecule has 0 spiro atoms. The van der Waals surface area contributed by atoms with E-state index in [4.69, 9.17) is 0 Å². The van der Waals surface area contributed by atoms with Gasteiger partial charge in [-0.2, -0.15) is 0 Å². The standard InChI is InChI=1S/C12H17N3S/c1-3-5-13-10(12-14-6-7-15-12)11-9(2)4-8-16-11/h4,6-8,10,13H,3,5H2,1-2H3,(H,14,15). The van der Waals surface area contributed by atoms with Gasteiger partial charge in [0.1, 0.15) is 11.9 Å². The normalized spacial score (nSPS) is 12.9. The zero-order valence-corrected chi connectivity index (χ0v) is 10.5. The average Bonchev–Trinajstić information content (AvgIpc) is 2.91. The Balaban J connectivity index is 2.25. The Morgan fingerprint density at radius 1 is 1.56 bits per heavy atom. The summed E-state index contributed by atoms with van der Waals surface area (Å²) in [6.07, 6.45) is 4.80. The average molecular weight is 235 g/mol. The van der Waals surface area contributed by atoms with Crippen molar-refractivity contribution < 1.29 is 0 Å². The Kier molecular flexibility index (Phi) is 3.74. The molecule has 0 bridgehead atoms. The molecule has 0 saturated heterocycles. The number of nitrogens with one attached hydrogen (secondary N) is 2. The largest absolute Gasteiger partial charge is 0.347 e. The second-order valence-electron chi connectivity index (χ2n) is 3.83. The summed E-state index contributed by atoms with van der Waals surface area (Å²) < 4.78 is 0. The molecule has 3 nitrogen and oxygen atoms in total. The molecule has 2 aromatic heterocycles. The van der Waals surface area contributed by atoms with Gasteiger partial charge in [-0.1, -0.05) is 6.92 Å². The molecule has 1 unspecified atom stereocenters. The Bertz CT molecular complexity index is 419. The van der Waals surface area contributed by atoms with Gasteiger partial charge in [-0.25, -0.2) is 4.98 Å². The van der Waals surface area contributed by atoms with Crippen LogP contribution in [0.15, 0.2) is 23.8 Å². The molecule has 1 atom stereocenters. The maximum Gasteiger partial charge on any atom is 0.128 e. The molecule has 2 N–H and O–H groups in total. The quantitative estimate of drug-likeness (QED) is 0.836. The SMILES string of the molecule is CCCNC(c1ncc[nH]1)c1sccc1C. The third kappa shape index (κ3) is 2.33. The lowest BCUT2D eigenvalue weighted by Gasteiger charge is -2.15. The van der Waals surface area contributed by atoms with Crippen molar-refractivity contribution in [3.05, 3.63) is 40.1 Å². The first-order chi connectivity index (χ1) is 7.83. The monoisotopic (exact) mass is 235 g/mol. The van der Waals surface area contributed by atoms with Gasteiger partial charge < -0.3 is 10.3 Å². The summed E-state index contributed by atoms with van der Waals surface area (Å²) in [6.45, 7) is 5.32. The lowest BCUT2D eigenvalue weighted by Crippen LogP contribution is -2.24. The predicted octanol–water partition coefficient (Wildman–Crippen LogP) is 2.87. The van der Waals surface area contributed by atoms with Crippen LogP contribution < -0.4 is 5.32 Å². The van der Waals surface area contributed by atoms with Crippen molar-refractivity contribution in [2.45, 2.75) is 26.3 Å². The fourth-order valence-electron chi connectivity index (χ4n) is 1.72. The second-order valence-corrected chi connectivity index (χ2v) is 4.78. The number of aromatic amines is 1. The first kappa shape index (κ1) is 11.4. The van der Waals surface area contributed by atoms with Crippen LogP contribution in [-0.2, 0) is 0 Å². The van der Waals surface area contributed by atoms with Crippen LogP contribution in [0.4, 0.5) is 0 Å². The molecular formula is C12H17N3S. The summed E-state index contributed by atoms with van der Waals surface area (Å²) in [4.78, 5) is 8.90. The molecule has 16 heavy (non-hydrogen) atoms. The molecule has 2 rings (SSSR count). The lowest BCUT2D eigenvalue weighted by atomic mass is 10.1. The summed E-state index contributed by atoms with van der Waals surface area (Å²) in [5.41, 5.74) is 1.33.